The van der Waals surface area contributed by atoms with Crippen LogP contribution in [0.4, 0.5) is 5.69 Å². The minimum absolute atomic E-state index is 0.0682. The Hall–Kier alpha value is -1.17. The molecule has 0 spiro atoms. The van der Waals surface area contributed by atoms with Crippen LogP contribution in [-0.4, -0.2) is 34.6 Å². The number of nitro groups is 1. The van der Waals surface area contributed by atoms with E-state index in [4.69, 9.17) is 11.6 Å². The molecule has 1 atom stereocenters. The molecule has 1 fully saturated rings. The lowest BCUT2D eigenvalue weighted by Crippen LogP contribution is -2.36. The van der Waals surface area contributed by atoms with Crippen molar-refractivity contribution in [3.8, 4) is 0 Å². The van der Waals surface area contributed by atoms with Gasteiger partial charge in [0.15, 0.2) is 0 Å². The number of hydrogen-bond donors (Lipinski definition) is 1. The van der Waals surface area contributed by atoms with Crippen LogP contribution in [0.1, 0.15) is 18.4 Å². The fourth-order valence-corrected chi connectivity index (χ4v) is 2.77. The number of nitrogens with zero attached hydrogens (tertiary/aromatic N) is 2. The molecule has 0 aliphatic carbocycles. The van der Waals surface area contributed by atoms with Crippen LogP contribution in [0.3, 0.4) is 0 Å². The number of hydrogen-bond acceptors (Lipinski definition) is 4. The standard InChI is InChI=1S/C13H17ClN2O3/c14-12-4-1-5-13(16(18)19)11(12)8-15-6-2-3-10(7-15)9-17/h1,4-5,10,17H,2-3,6-9H2. The molecule has 6 heteroatoms. The SMILES string of the molecule is O=[N+]([O-])c1cccc(Cl)c1CN1CCCC(CO)C1. The predicted molar refractivity (Wildman–Crippen MR) is 73.2 cm³/mol. The van der Waals surface area contributed by atoms with Gasteiger partial charge in [0.2, 0.25) is 0 Å². The zero-order chi connectivity index (χ0) is 13.8. The van der Waals surface area contributed by atoms with E-state index in [0.29, 0.717) is 17.1 Å². The molecule has 5 nitrogen and oxygen atoms in total. The van der Waals surface area contributed by atoms with Crippen LogP contribution in [0.25, 0.3) is 0 Å². The molecule has 0 radical (unpaired) electrons. The Kier molecular flexibility index (Phi) is 4.74. The molecule has 1 unspecified atom stereocenters. The Morgan fingerprint density at radius 2 is 2.32 bits per heavy atom. The summed E-state index contributed by atoms with van der Waals surface area (Å²) in [5.41, 5.74) is 0.631. The molecular formula is C13H17ClN2O3. The van der Waals surface area contributed by atoms with Crippen LogP contribution in [0.15, 0.2) is 18.2 Å². The highest BCUT2D eigenvalue weighted by molar-refractivity contribution is 6.31. The number of aliphatic hydroxyl groups is 1. The lowest BCUT2D eigenvalue weighted by Gasteiger charge is -2.31. The van der Waals surface area contributed by atoms with E-state index in [1.807, 2.05) is 0 Å². The lowest BCUT2D eigenvalue weighted by atomic mass is 9.98. The lowest BCUT2D eigenvalue weighted by molar-refractivity contribution is -0.385. The van der Waals surface area contributed by atoms with Gasteiger partial charge >= 0.3 is 0 Å². The molecule has 1 N–H and O–H groups in total. The van der Waals surface area contributed by atoms with Crippen molar-refractivity contribution in [2.75, 3.05) is 19.7 Å². The van der Waals surface area contributed by atoms with Crippen molar-refractivity contribution in [2.45, 2.75) is 19.4 Å². The van der Waals surface area contributed by atoms with Crippen LogP contribution in [0.5, 0.6) is 0 Å². The second-order valence-electron chi connectivity index (χ2n) is 4.92. The first-order valence-electron chi connectivity index (χ1n) is 6.36. The van der Waals surface area contributed by atoms with Crippen molar-refractivity contribution in [3.05, 3.63) is 38.9 Å². The molecule has 0 bridgehead atoms. The Morgan fingerprint density at radius 3 is 3.00 bits per heavy atom. The molecule has 104 valence electrons. The highest BCUT2D eigenvalue weighted by Gasteiger charge is 2.23. The van der Waals surface area contributed by atoms with Crippen molar-refractivity contribution in [1.29, 1.82) is 0 Å². The monoisotopic (exact) mass is 284 g/mol. The smallest absolute Gasteiger partial charge is 0.275 e. The fraction of sp³-hybridized carbons (Fsp3) is 0.538. The van der Waals surface area contributed by atoms with Gasteiger partial charge in [-0.05, 0) is 31.4 Å². The third kappa shape index (κ3) is 3.43. The maximum absolute atomic E-state index is 11.0. The molecule has 1 heterocycles. The largest absolute Gasteiger partial charge is 0.396 e. The van der Waals surface area contributed by atoms with Gasteiger partial charge in [0, 0.05) is 25.8 Å². The van der Waals surface area contributed by atoms with Crippen LogP contribution in [0.2, 0.25) is 5.02 Å². The Bertz CT molecular complexity index is 467. The number of likely N-dealkylation sites (tertiary alicyclic amines) is 1. The van der Waals surface area contributed by atoms with E-state index < -0.39 is 4.92 Å². The average Bonchev–Trinajstić information content (AvgIpc) is 2.41. The number of rotatable bonds is 4. The van der Waals surface area contributed by atoms with Crippen LogP contribution >= 0.6 is 11.6 Å². The van der Waals surface area contributed by atoms with Gasteiger partial charge in [-0.15, -0.1) is 0 Å². The van der Waals surface area contributed by atoms with Crippen molar-refractivity contribution in [2.24, 2.45) is 5.92 Å². The van der Waals surface area contributed by atoms with Crippen molar-refractivity contribution in [1.82, 2.24) is 4.90 Å². The van der Waals surface area contributed by atoms with E-state index in [2.05, 4.69) is 4.90 Å². The number of nitro benzene ring substituents is 1. The molecule has 1 aromatic rings. The van der Waals surface area contributed by atoms with Gasteiger partial charge in [-0.3, -0.25) is 15.0 Å². The molecule has 19 heavy (non-hydrogen) atoms. The summed E-state index contributed by atoms with van der Waals surface area (Å²) in [7, 11) is 0. The molecule has 0 saturated carbocycles. The van der Waals surface area contributed by atoms with E-state index in [1.165, 1.54) is 6.07 Å². The van der Waals surface area contributed by atoms with Crippen LogP contribution in [-0.2, 0) is 6.54 Å². The first-order valence-corrected chi connectivity index (χ1v) is 6.74. The number of piperidine rings is 1. The topological polar surface area (TPSA) is 66.6 Å². The molecule has 2 rings (SSSR count). The van der Waals surface area contributed by atoms with Gasteiger partial charge in [-0.2, -0.15) is 0 Å². The predicted octanol–water partition coefficient (Wildman–Crippen LogP) is 2.45. The second kappa shape index (κ2) is 6.32. The molecule has 1 aliphatic heterocycles. The first kappa shape index (κ1) is 14.2. The van der Waals surface area contributed by atoms with Crippen molar-refractivity contribution < 1.29 is 10.0 Å². The third-order valence-corrected chi connectivity index (χ3v) is 3.89. The number of halogens is 1. The van der Waals surface area contributed by atoms with E-state index in [1.54, 1.807) is 12.1 Å². The molecular weight excluding hydrogens is 268 g/mol. The van der Waals surface area contributed by atoms with E-state index in [-0.39, 0.29) is 18.2 Å². The molecule has 1 saturated heterocycles. The first-order chi connectivity index (χ1) is 9.11. The summed E-state index contributed by atoms with van der Waals surface area (Å²) in [5, 5.41) is 20.7. The molecule has 1 aliphatic rings. The normalized spacial score (nSPS) is 20.4. The van der Waals surface area contributed by atoms with E-state index >= 15 is 0 Å². The number of aliphatic hydroxyl groups excluding tert-OH is 1. The van der Waals surface area contributed by atoms with Gasteiger partial charge in [-0.25, -0.2) is 0 Å². The zero-order valence-corrected chi connectivity index (χ0v) is 11.3. The van der Waals surface area contributed by atoms with Crippen molar-refractivity contribution >= 4 is 17.3 Å². The van der Waals surface area contributed by atoms with Crippen LogP contribution < -0.4 is 0 Å². The summed E-state index contributed by atoms with van der Waals surface area (Å²) in [6, 6.07) is 4.75. The maximum Gasteiger partial charge on any atom is 0.275 e. The zero-order valence-electron chi connectivity index (χ0n) is 10.6. The molecule has 0 aromatic heterocycles. The minimum Gasteiger partial charge on any atom is -0.396 e. The summed E-state index contributed by atoms with van der Waals surface area (Å²) in [6.45, 7) is 2.28. The summed E-state index contributed by atoms with van der Waals surface area (Å²) in [4.78, 5) is 12.8. The summed E-state index contributed by atoms with van der Waals surface area (Å²) in [6.07, 6.45) is 2.01. The number of benzene rings is 1. The Balaban J connectivity index is 2.16. The van der Waals surface area contributed by atoms with Gasteiger partial charge in [-0.1, -0.05) is 17.7 Å². The Labute approximate surface area is 116 Å². The average molecular weight is 285 g/mol. The maximum atomic E-state index is 11.0. The van der Waals surface area contributed by atoms with Crippen molar-refractivity contribution in [3.63, 3.8) is 0 Å². The molecule has 1 aromatic carbocycles. The van der Waals surface area contributed by atoms with Gasteiger partial charge in [0.1, 0.15) is 0 Å². The van der Waals surface area contributed by atoms with Gasteiger partial charge in [0.25, 0.3) is 5.69 Å². The quantitative estimate of drug-likeness (QED) is 0.681. The van der Waals surface area contributed by atoms with E-state index in [9.17, 15) is 15.2 Å². The fourth-order valence-electron chi connectivity index (χ4n) is 2.54. The third-order valence-electron chi connectivity index (χ3n) is 3.53. The summed E-state index contributed by atoms with van der Waals surface area (Å²) >= 11 is 6.08. The van der Waals surface area contributed by atoms with Gasteiger partial charge < -0.3 is 5.11 Å². The summed E-state index contributed by atoms with van der Waals surface area (Å²) in [5.74, 6) is 0.260. The highest BCUT2D eigenvalue weighted by atomic mass is 35.5. The second-order valence-corrected chi connectivity index (χ2v) is 5.33. The van der Waals surface area contributed by atoms with Crippen LogP contribution in [0, 0.1) is 16.0 Å². The van der Waals surface area contributed by atoms with Gasteiger partial charge in [0.05, 0.1) is 15.5 Å². The van der Waals surface area contributed by atoms with E-state index in [0.717, 1.165) is 25.9 Å². The molecule has 0 amide bonds. The summed E-state index contributed by atoms with van der Waals surface area (Å²) < 4.78 is 0. The Morgan fingerprint density at radius 1 is 1.53 bits per heavy atom. The minimum atomic E-state index is -0.394. The highest BCUT2D eigenvalue weighted by Crippen LogP contribution is 2.29.